The molecule has 3 heteroatoms. The molecule has 104 valence electrons. The zero-order valence-corrected chi connectivity index (χ0v) is 12.1. The third-order valence-electron chi connectivity index (χ3n) is 3.80. The van der Waals surface area contributed by atoms with Gasteiger partial charge in [0.2, 0.25) is 0 Å². The first-order valence-electron chi connectivity index (χ1n) is 7.03. The number of likely N-dealkylation sites (tertiary alicyclic amines) is 1. The van der Waals surface area contributed by atoms with Crippen LogP contribution in [0.15, 0.2) is 24.3 Å². The summed E-state index contributed by atoms with van der Waals surface area (Å²) >= 11 is 0. The van der Waals surface area contributed by atoms with Crippen LogP contribution in [-0.4, -0.2) is 37.1 Å². The number of ether oxygens (including phenoxy) is 1. The lowest BCUT2D eigenvalue weighted by atomic mass is 10.0. The second kappa shape index (κ2) is 6.20. The molecular weight excluding hydrogens is 238 g/mol. The fraction of sp³-hybridized carbons (Fsp3) is 0.562. The van der Waals surface area contributed by atoms with E-state index in [-0.39, 0.29) is 11.9 Å². The summed E-state index contributed by atoms with van der Waals surface area (Å²) in [6.45, 7) is 5.77. The molecule has 0 bridgehead atoms. The van der Waals surface area contributed by atoms with Crippen LogP contribution in [0.25, 0.3) is 0 Å². The predicted octanol–water partition coefficient (Wildman–Crippen LogP) is 3.06. The third-order valence-corrected chi connectivity index (χ3v) is 3.80. The number of hydrogen-bond acceptors (Lipinski definition) is 2. The Morgan fingerprint density at radius 2 is 2.26 bits per heavy atom. The number of amides is 1. The highest BCUT2D eigenvalue weighted by atomic mass is 16.5. The van der Waals surface area contributed by atoms with E-state index in [0.717, 1.165) is 24.9 Å². The molecular formula is C16H23NO2. The standard InChI is InChI=1S/C16H23NO2/c1-12(2)13-6-4-7-14(10-13)16(18)17-9-5-8-15(17)11-19-3/h4,6-7,10,12,15H,5,8-9,11H2,1-3H3. The van der Waals surface area contributed by atoms with Crippen molar-refractivity contribution in [3.63, 3.8) is 0 Å². The Labute approximate surface area is 115 Å². The molecule has 1 aliphatic rings. The monoisotopic (exact) mass is 261 g/mol. The van der Waals surface area contributed by atoms with Gasteiger partial charge < -0.3 is 9.64 Å². The van der Waals surface area contributed by atoms with Gasteiger partial charge in [-0.2, -0.15) is 0 Å². The van der Waals surface area contributed by atoms with Gasteiger partial charge in [0.1, 0.15) is 0 Å². The minimum absolute atomic E-state index is 0.141. The molecule has 1 aromatic carbocycles. The molecule has 0 saturated carbocycles. The number of nitrogens with zero attached hydrogens (tertiary/aromatic N) is 1. The average Bonchev–Trinajstić information content (AvgIpc) is 2.86. The lowest BCUT2D eigenvalue weighted by Gasteiger charge is -2.24. The Bertz CT molecular complexity index is 442. The van der Waals surface area contributed by atoms with Gasteiger partial charge in [-0.1, -0.05) is 26.0 Å². The fourth-order valence-electron chi connectivity index (χ4n) is 2.67. The molecule has 0 radical (unpaired) electrons. The number of hydrogen-bond donors (Lipinski definition) is 0. The van der Waals surface area contributed by atoms with Crippen molar-refractivity contribution in [1.29, 1.82) is 0 Å². The molecule has 1 unspecified atom stereocenters. The highest BCUT2D eigenvalue weighted by Crippen LogP contribution is 2.22. The van der Waals surface area contributed by atoms with Gasteiger partial charge in [-0.05, 0) is 36.5 Å². The van der Waals surface area contributed by atoms with Crippen molar-refractivity contribution < 1.29 is 9.53 Å². The van der Waals surface area contributed by atoms with Crippen LogP contribution < -0.4 is 0 Å². The molecule has 0 spiro atoms. The van der Waals surface area contributed by atoms with Crippen LogP contribution >= 0.6 is 0 Å². The largest absolute Gasteiger partial charge is 0.383 e. The van der Waals surface area contributed by atoms with E-state index >= 15 is 0 Å². The molecule has 19 heavy (non-hydrogen) atoms. The Balaban J connectivity index is 2.16. The minimum Gasteiger partial charge on any atom is -0.383 e. The molecule has 1 saturated heterocycles. The summed E-state index contributed by atoms with van der Waals surface area (Å²) in [6, 6.07) is 8.23. The lowest BCUT2D eigenvalue weighted by molar-refractivity contribution is 0.0630. The van der Waals surface area contributed by atoms with Crippen LogP contribution in [0.4, 0.5) is 0 Å². The molecule has 1 aromatic rings. The molecule has 1 amide bonds. The predicted molar refractivity (Wildman–Crippen MR) is 76.5 cm³/mol. The highest BCUT2D eigenvalue weighted by Gasteiger charge is 2.29. The maximum absolute atomic E-state index is 12.6. The van der Waals surface area contributed by atoms with E-state index in [0.29, 0.717) is 12.5 Å². The van der Waals surface area contributed by atoms with E-state index in [9.17, 15) is 4.79 Å². The normalized spacial score (nSPS) is 19.2. The maximum atomic E-state index is 12.6. The maximum Gasteiger partial charge on any atom is 0.254 e. The fourth-order valence-corrected chi connectivity index (χ4v) is 2.67. The van der Waals surface area contributed by atoms with E-state index in [1.807, 2.05) is 23.1 Å². The summed E-state index contributed by atoms with van der Waals surface area (Å²) in [5, 5.41) is 0. The number of carbonyl (C=O) groups is 1. The summed E-state index contributed by atoms with van der Waals surface area (Å²) in [4.78, 5) is 14.5. The van der Waals surface area contributed by atoms with Gasteiger partial charge in [0.05, 0.1) is 12.6 Å². The van der Waals surface area contributed by atoms with Crippen LogP contribution in [-0.2, 0) is 4.74 Å². The first-order valence-corrected chi connectivity index (χ1v) is 7.03. The van der Waals surface area contributed by atoms with E-state index in [4.69, 9.17) is 4.74 Å². The Kier molecular flexibility index (Phi) is 4.59. The molecule has 0 aliphatic carbocycles. The van der Waals surface area contributed by atoms with Gasteiger partial charge >= 0.3 is 0 Å². The number of rotatable bonds is 4. The van der Waals surface area contributed by atoms with Gasteiger partial charge in [-0.25, -0.2) is 0 Å². The molecule has 1 atom stereocenters. The van der Waals surface area contributed by atoms with E-state index in [1.165, 1.54) is 5.56 Å². The Morgan fingerprint density at radius 3 is 2.95 bits per heavy atom. The molecule has 0 N–H and O–H groups in total. The van der Waals surface area contributed by atoms with Crippen molar-refractivity contribution in [2.24, 2.45) is 0 Å². The zero-order valence-electron chi connectivity index (χ0n) is 12.1. The minimum atomic E-state index is 0.141. The quantitative estimate of drug-likeness (QED) is 0.833. The number of carbonyl (C=O) groups excluding carboxylic acids is 1. The summed E-state index contributed by atoms with van der Waals surface area (Å²) < 4.78 is 5.21. The van der Waals surface area contributed by atoms with Gasteiger partial charge in [0.25, 0.3) is 5.91 Å². The van der Waals surface area contributed by atoms with Crippen LogP contribution in [0.5, 0.6) is 0 Å². The van der Waals surface area contributed by atoms with Gasteiger partial charge in [0.15, 0.2) is 0 Å². The van der Waals surface area contributed by atoms with Crippen LogP contribution in [0.1, 0.15) is 48.5 Å². The van der Waals surface area contributed by atoms with Crippen molar-refractivity contribution in [3.8, 4) is 0 Å². The van der Waals surface area contributed by atoms with Crippen molar-refractivity contribution in [2.45, 2.75) is 38.6 Å². The topological polar surface area (TPSA) is 29.5 Å². The van der Waals surface area contributed by atoms with Crippen molar-refractivity contribution >= 4 is 5.91 Å². The summed E-state index contributed by atoms with van der Waals surface area (Å²) in [5.74, 6) is 0.586. The van der Waals surface area contributed by atoms with Gasteiger partial charge in [-0.15, -0.1) is 0 Å². The zero-order chi connectivity index (χ0) is 13.8. The Hall–Kier alpha value is -1.35. The molecule has 1 aliphatic heterocycles. The molecule has 1 heterocycles. The molecule has 2 rings (SSSR count). The first-order chi connectivity index (χ1) is 9.13. The summed E-state index contributed by atoms with van der Waals surface area (Å²) in [6.07, 6.45) is 2.12. The average molecular weight is 261 g/mol. The lowest BCUT2D eigenvalue weighted by Crippen LogP contribution is -2.38. The second-order valence-corrected chi connectivity index (χ2v) is 5.53. The van der Waals surface area contributed by atoms with Crippen LogP contribution in [0.3, 0.4) is 0 Å². The highest BCUT2D eigenvalue weighted by molar-refractivity contribution is 5.94. The number of methoxy groups -OCH3 is 1. The molecule has 0 aromatic heterocycles. The van der Waals surface area contributed by atoms with E-state index in [1.54, 1.807) is 7.11 Å². The van der Waals surface area contributed by atoms with Crippen LogP contribution in [0, 0.1) is 0 Å². The van der Waals surface area contributed by atoms with Gasteiger partial charge in [-0.3, -0.25) is 4.79 Å². The molecule has 1 fully saturated rings. The number of benzene rings is 1. The molecule has 3 nitrogen and oxygen atoms in total. The second-order valence-electron chi connectivity index (χ2n) is 5.53. The van der Waals surface area contributed by atoms with Crippen molar-refractivity contribution in [2.75, 3.05) is 20.3 Å². The summed E-state index contributed by atoms with van der Waals surface area (Å²) in [5.41, 5.74) is 2.02. The third kappa shape index (κ3) is 3.16. The first kappa shape index (κ1) is 14.1. The van der Waals surface area contributed by atoms with Crippen LogP contribution in [0.2, 0.25) is 0 Å². The SMILES string of the molecule is COCC1CCCN1C(=O)c1cccc(C(C)C)c1. The summed E-state index contributed by atoms with van der Waals surface area (Å²) in [7, 11) is 1.69. The van der Waals surface area contributed by atoms with E-state index < -0.39 is 0 Å². The van der Waals surface area contributed by atoms with Crippen molar-refractivity contribution in [3.05, 3.63) is 35.4 Å². The Morgan fingerprint density at radius 1 is 1.47 bits per heavy atom. The van der Waals surface area contributed by atoms with Crippen molar-refractivity contribution in [1.82, 2.24) is 4.90 Å². The van der Waals surface area contributed by atoms with Gasteiger partial charge in [0, 0.05) is 19.2 Å². The van der Waals surface area contributed by atoms with E-state index in [2.05, 4.69) is 19.9 Å². The smallest absolute Gasteiger partial charge is 0.254 e.